The summed E-state index contributed by atoms with van der Waals surface area (Å²) in [6.07, 6.45) is 2.60. The van der Waals surface area contributed by atoms with Crippen molar-refractivity contribution in [3.63, 3.8) is 0 Å². The van der Waals surface area contributed by atoms with Gasteiger partial charge in [-0.15, -0.1) is 0 Å². The minimum absolute atomic E-state index is 0.0979. The topological polar surface area (TPSA) is 63.7 Å². The van der Waals surface area contributed by atoms with Crippen LogP contribution in [0.3, 0.4) is 0 Å². The largest absolute Gasteiger partial charge is 0.367 e. The van der Waals surface area contributed by atoms with Crippen molar-refractivity contribution in [2.75, 3.05) is 19.3 Å². The Kier molecular flexibility index (Phi) is 4.07. The van der Waals surface area contributed by atoms with E-state index in [4.69, 9.17) is 4.74 Å². The highest BCUT2D eigenvalue weighted by Crippen LogP contribution is 2.41. The SMILES string of the molecule is C[C@H]1CN(C(=O)C2(S(C)(=O)=O)CCC2)C[C@@H](c2ccsc2)O1. The Hall–Kier alpha value is -0.920. The van der Waals surface area contributed by atoms with E-state index < -0.39 is 14.6 Å². The second kappa shape index (κ2) is 5.62. The zero-order valence-electron chi connectivity index (χ0n) is 12.8. The molecule has 2 fully saturated rings. The molecule has 1 aromatic heterocycles. The molecule has 1 aliphatic carbocycles. The van der Waals surface area contributed by atoms with Gasteiger partial charge in [-0.2, -0.15) is 11.3 Å². The fourth-order valence-corrected chi connectivity index (χ4v) is 5.47. The van der Waals surface area contributed by atoms with Crippen molar-refractivity contribution < 1.29 is 17.9 Å². The molecule has 1 saturated carbocycles. The summed E-state index contributed by atoms with van der Waals surface area (Å²) < 4.78 is 29.0. The summed E-state index contributed by atoms with van der Waals surface area (Å²) in [4.78, 5) is 14.6. The molecule has 3 rings (SSSR count). The summed E-state index contributed by atoms with van der Waals surface area (Å²) >= 11 is 1.59. The Morgan fingerprint density at radius 1 is 1.41 bits per heavy atom. The van der Waals surface area contributed by atoms with Gasteiger partial charge in [0.2, 0.25) is 5.91 Å². The summed E-state index contributed by atoms with van der Waals surface area (Å²) in [5.41, 5.74) is 1.05. The predicted octanol–water partition coefficient (Wildman–Crippen LogP) is 2.00. The van der Waals surface area contributed by atoms with Crippen LogP contribution in [0, 0.1) is 0 Å². The highest BCUT2D eigenvalue weighted by atomic mass is 32.2. The van der Waals surface area contributed by atoms with Crippen LogP contribution in [0.5, 0.6) is 0 Å². The number of nitrogens with zero attached hydrogens (tertiary/aromatic N) is 1. The fourth-order valence-electron chi connectivity index (χ4n) is 3.29. The van der Waals surface area contributed by atoms with Gasteiger partial charge in [-0.3, -0.25) is 4.79 Å². The number of ether oxygens (including phenoxy) is 1. The van der Waals surface area contributed by atoms with Crippen LogP contribution in [0.4, 0.5) is 0 Å². The number of carbonyl (C=O) groups excluding carboxylic acids is 1. The molecule has 122 valence electrons. The fraction of sp³-hybridized carbons (Fsp3) is 0.667. The van der Waals surface area contributed by atoms with Crippen LogP contribution in [-0.4, -0.2) is 49.4 Å². The highest BCUT2D eigenvalue weighted by Gasteiger charge is 2.55. The van der Waals surface area contributed by atoms with Crippen LogP contribution in [-0.2, 0) is 19.4 Å². The van der Waals surface area contributed by atoms with Gasteiger partial charge < -0.3 is 9.64 Å². The molecule has 0 spiro atoms. The zero-order chi connectivity index (χ0) is 16.0. The molecule has 0 unspecified atom stereocenters. The minimum Gasteiger partial charge on any atom is -0.367 e. The number of hydrogen-bond acceptors (Lipinski definition) is 5. The lowest BCUT2D eigenvalue weighted by molar-refractivity contribution is -0.149. The normalized spacial score (nSPS) is 28.2. The molecule has 1 aromatic rings. The Balaban J connectivity index is 1.83. The number of morpholine rings is 1. The summed E-state index contributed by atoms with van der Waals surface area (Å²) in [5.74, 6) is -0.239. The van der Waals surface area contributed by atoms with E-state index in [0.717, 1.165) is 12.0 Å². The van der Waals surface area contributed by atoms with Crippen molar-refractivity contribution in [1.29, 1.82) is 0 Å². The third-order valence-corrected chi connectivity index (χ3v) is 7.43. The van der Waals surface area contributed by atoms with Gasteiger partial charge in [0.05, 0.1) is 12.6 Å². The van der Waals surface area contributed by atoms with E-state index >= 15 is 0 Å². The van der Waals surface area contributed by atoms with Crippen molar-refractivity contribution in [3.05, 3.63) is 22.4 Å². The van der Waals surface area contributed by atoms with Crippen molar-refractivity contribution >= 4 is 27.1 Å². The number of rotatable bonds is 3. The van der Waals surface area contributed by atoms with Crippen molar-refractivity contribution in [1.82, 2.24) is 4.90 Å². The predicted molar refractivity (Wildman–Crippen MR) is 85.6 cm³/mol. The number of amides is 1. The quantitative estimate of drug-likeness (QED) is 0.842. The van der Waals surface area contributed by atoms with E-state index in [2.05, 4.69) is 0 Å². The second-order valence-corrected chi connectivity index (χ2v) is 9.43. The maximum absolute atomic E-state index is 12.9. The van der Waals surface area contributed by atoms with Crippen LogP contribution in [0.15, 0.2) is 16.8 Å². The van der Waals surface area contributed by atoms with Gasteiger partial charge in [0.25, 0.3) is 0 Å². The summed E-state index contributed by atoms with van der Waals surface area (Å²) in [6.45, 7) is 2.81. The lowest BCUT2D eigenvalue weighted by Gasteiger charge is -2.45. The first-order valence-electron chi connectivity index (χ1n) is 7.50. The van der Waals surface area contributed by atoms with Crippen LogP contribution in [0.2, 0.25) is 0 Å². The lowest BCUT2D eigenvalue weighted by Crippen LogP contribution is -2.60. The molecule has 1 amide bonds. The van der Waals surface area contributed by atoms with Crippen LogP contribution in [0.1, 0.15) is 37.9 Å². The molecule has 0 radical (unpaired) electrons. The Morgan fingerprint density at radius 3 is 2.64 bits per heavy atom. The number of hydrogen-bond donors (Lipinski definition) is 0. The van der Waals surface area contributed by atoms with E-state index in [0.29, 0.717) is 25.9 Å². The number of thiophene rings is 1. The lowest BCUT2D eigenvalue weighted by atomic mass is 9.82. The maximum Gasteiger partial charge on any atom is 0.244 e. The highest BCUT2D eigenvalue weighted by molar-refractivity contribution is 7.93. The average molecular weight is 343 g/mol. The molecule has 5 nitrogen and oxygen atoms in total. The van der Waals surface area contributed by atoms with Crippen molar-refractivity contribution in [3.8, 4) is 0 Å². The maximum atomic E-state index is 12.9. The van der Waals surface area contributed by atoms with E-state index in [-0.39, 0.29) is 18.1 Å². The third kappa shape index (κ3) is 2.59. The van der Waals surface area contributed by atoms with Crippen LogP contribution < -0.4 is 0 Å². The van der Waals surface area contributed by atoms with Gasteiger partial charge in [-0.05, 0) is 48.6 Å². The van der Waals surface area contributed by atoms with Gasteiger partial charge in [-0.1, -0.05) is 0 Å². The molecular weight excluding hydrogens is 322 g/mol. The molecule has 0 bridgehead atoms. The Bertz CT molecular complexity index is 649. The van der Waals surface area contributed by atoms with Gasteiger partial charge >= 0.3 is 0 Å². The molecule has 2 heterocycles. The summed E-state index contributed by atoms with van der Waals surface area (Å²) in [5, 5.41) is 4.00. The number of carbonyl (C=O) groups is 1. The van der Waals surface area contributed by atoms with Gasteiger partial charge in [0, 0.05) is 12.8 Å². The summed E-state index contributed by atoms with van der Waals surface area (Å²) in [7, 11) is -3.40. The van der Waals surface area contributed by atoms with E-state index in [1.807, 2.05) is 23.8 Å². The van der Waals surface area contributed by atoms with Crippen molar-refractivity contribution in [2.24, 2.45) is 0 Å². The minimum atomic E-state index is -3.40. The van der Waals surface area contributed by atoms with E-state index in [1.165, 1.54) is 6.26 Å². The van der Waals surface area contributed by atoms with Crippen LogP contribution in [0.25, 0.3) is 0 Å². The average Bonchev–Trinajstić information content (AvgIpc) is 2.88. The molecule has 7 heteroatoms. The molecule has 22 heavy (non-hydrogen) atoms. The molecular formula is C15H21NO4S2. The standard InChI is InChI=1S/C15H21NO4S2/c1-11-8-16(9-13(20-11)12-4-7-21-10-12)14(17)15(5-3-6-15)22(2,18)19/h4,7,10-11,13H,3,5-6,8-9H2,1-2H3/t11-,13-/m0/s1. The van der Waals surface area contributed by atoms with Gasteiger partial charge in [0.15, 0.2) is 14.6 Å². The van der Waals surface area contributed by atoms with Gasteiger partial charge in [0.1, 0.15) is 6.10 Å². The smallest absolute Gasteiger partial charge is 0.244 e. The zero-order valence-corrected chi connectivity index (χ0v) is 14.5. The molecule has 0 aromatic carbocycles. The summed E-state index contributed by atoms with van der Waals surface area (Å²) in [6, 6.07) is 1.99. The molecule has 0 N–H and O–H groups in total. The first-order chi connectivity index (χ1) is 10.3. The Labute approximate surface area is 135 Å². The Morgan fingerprint density at radius 2 is 2.14 bits per heavy atom. The molecule has 1 saturated heterocycles. The first-order valence-corrected chi connectivity index (χ1v) is 10.3. The van der Waals surface area contributed by atoms with Crippen LogP contribution >= 0.6 is 11.3 Å². The molecule has 1 aliphatic heterocycles. The second-order valence-electron chi connectivity index (χ2n) is 6.32. The monoisotopic (exact) mass is 343 g/mol. The molecule has 2 aliphatic rings. The van der Waals surface area contributed by atoms with E-state index in [9.17, 15) is 13.2 Å². The van der Waals surface area contributed by atoms with Gasteiger partial charge in [-0.25, -0.2) is 8.42 Å². The van der Waals surface area contributed by atoms with Crippen molar-refractivity contribution in [2.45, 2.75) is 43.1 Å². The number of sulfone groups is 1. The first kappa shape index (κ1) is 16.0. The third-order valence-electron chi connectivity index (χ3n) is 4.72. The molecule has 2 atom stereocenters. The van der Waals surface area contributed by atoms with E-state index in [1.54, 1.807) is 16.2 Å².